The topological polar surface area (TPSA) is 29.1 Å². The third-order valence-corrected chi connectivity index (χ3v) is 5.57. The molecule has 2 nitrogen and oxygen atoms in total. The molecule has 2 unspecified atom stereocenters. The second kappa shape index (κ2) is 7.52. The van der Waals surface area contributed by atoms with Gasteiger partial charge in [-0.25, -0.2) is 0 Å². The first-order valence-corrected chi connectivity index (χ1v) is 8.60. The molecule has 18 heavy (non-hydrogen) atoms. The number of carbonyl (C=O) groups excluding carboxylic acids is 1. The Morgan fingerprint density at radius 1 is 0.944 bits per heavy atom. The molecule has 0 spiro atoms. The normalized spacial score (nSPS) is 30.7. The number of halogens is 1. The number of amides is 1. The lowest BCUT2D eigenvalue weighted by Gasteiger charge is -2.28. The van der Waals surface area contributed by atoms with Gasteiger partial charge in [-0.3, -0.25) is 4.79 Å². The molecule has 1 N–H and O–H groups in total. The van der Waals surface area contributed by atoms with Crippen LogP contribution in [0.3, 0.4) is 0 Å². The van der Waals surface area contributed by atoms with Crippen LogP contribution in [0.4, 0.5) is 0 Å². The van der Waals surface area contributed by atoms with Gasteiger partial charge in [0.2, 0.25) is 5.91 Å². The Balaban J connectivity index is 1.73. The Hall–Kier alpha value is -0.0500. The van der Waals surface area contributed by atoms with Crippen LogP contribution in [0.15, 0.2) is 0 Å². The highest BCUT2D eigenvalue weighted by Gasteiger charge is 2.25. The second-order valence-corrected chi connectivity index (χ2v) is 7.21. The van der Waals surface area contributed by atoms with E-state index in [1.165, 1.54) is 57.8 Å². The molecule has 2 atom stereocenters. The van der Waals surface area contributed by atoms with Gasteiger partial charge in [0.15, 0.2) is 0 Å². The fourth-order valence-electron chi connectivity index (χ4n) is 3.34. The van der Waals surface area contributed by atoms with Gasteiger partial charge < -0.3 is 5.32 Å². The Kier molecular flexibility index (Phi) is 6.00. The minimum atomic E-state index is 0.290. The summed E-state index contributed by atoms with van der Waals surface area (Å²) in [6.07, 6.45) is 13.6. The quantitative estimate of drug-likeness (QED) is 0.614. The first kappa shape index (κ1) is 14.4. The fourth-order valence-corrected chi connectivity index (χ4v) is 4.06. The first-order chi connectivity index (χ1) is 8.75. The molecule has 2 fully saturated rings. The molecule has 2 aliphatic carbocycles. The number of alkyl halides is 1. The SMILES string of the molecule is O=C(CC1CCCCCC1)NC1CCCCC1Br. The predicted octanol–water partition coefficient (Wildman–Crippen LogP) is 4.17. The summed E-state index contributed by atoms with van der Waals surface area (Å²) in [5.41, 5.74) is 0. The lowest BCUT2D eigenvalue weighted by Crippen LogP contribution is -2.43. The van der Waals surface area contributed by atoms with Crippen LogP contribution in [0.25, 0.3) is 0 Å². The van der Waals surface area contributed by atoms with Crippen molar-refractivity contribution in [3.63, 3.8) is 0 Å². The van der Waals surface area contributed by atoms with Crippen LogP contribution < -0.4 is 5.32 Å². The van der Waals surface area contributed by atoms with Crippen LogP contribution in [-0.4, -0.2) is 16.8 Å². The lowest BCUT2D eigenvalue weighted by molar-refractivity contribution is -0.123. The molecule has 0 aromatic heterocycles. The zero-order chi connectivity index (χ0) is 12.8. The van der Waals surface area contributed by atoms with Gasteiger partial charge in [-0.15, -0.1) is 0 Å². The first-order valence-electron chi connectivity index (χ1n) is 7.69. The third-order valence-electron chi connectivity index (χ3n) is 4.48. The van der Waals surface area contributed by atoms with E-state index in [2.05, 4.69) is 21.2 Å². The second-order valence-electron chi connectivity index (χ2n) is 6.04. The van der Waals surface area contributed by atoms with E-state index in [0.717, 1.165) is 12.8 Å². The zero-order valence-electron chi connectivity index (χ0n) is 11.3. The van der Waals surface area contributed by atoms with Crippen molar-refractivity contribution < 1.29 is 4.79 Å². The largest absolute Gasteiger partial charge is 0.352 e. The summed E-state index contributed by atoms with van der Waals surface area (Å²) in [6, 6.07) is 0.372. The van der Waals surface area contributed by atoms with E-state index in [1.807, 2.05) is 0 Å². The maximum atomic E-state index is 12.1. The smallest absolute Gasteiger partial charge is 0.220 e. The van der Waals surface area contributed by atoms with Gasteiger partial charge in [0, 0.05) is 17.3 Å². The van der Waals surface area contributed by atoms with E-state index in [4.69, 9.17) is 0 Å². The van der Waals surface area contributed by atoms with Gasteiger partial charge >= 0.3 is 0 Å². The van der Waals surface area contributed by atoms with Crippen molar-refractivity contribution in [3.05, 3.63) is 0 Å². The minimum Gasteiger partial charge on any atom is -0.352 e. The maximum absolute atomic E-state index is 12.1. The summed E-state index contributed by atoms with van der Waals surface area (Å²) in [7, 11) is 0. The van der Waals surface area contributed by atoms with Crippen LogP contribution in [-0.2, 0) is 4.79 Å². The van der Waals surface area contributed by atoms with Crippen LogP contribution in [0.1, 0.15) is 70.6 Å². The Bertz CT molecular complexity index is 261. The van der Waals surface area contributed by atoms with Crippen LogP contribution in [0.2, 0.25) is 0 Å². The average Bonchev–Trinajstić information content (AvgIpc) is 2.61. The molecule has 0 saturated heterocycles. The molecule has 0 aromatic rings. The van der Waals surface area contributed by atoms with E-state index < -0.39 is 0 Å². The van der Waals surface area contributed by atoms with Crippen LogP contribution >= 0.6 is 15.9 Å². The summed E-state index contributed by atoms with van der Waals surface area (Å²) < 4.78 is 0. The van der Waals surface area contributed by atoms with Gasteiger partial charge in [0.25, 0.3) is 0 Å². The summed E-state index contributed by atoms with van der Waals surface area (Å²) in [5.74, 6) is 0.933. The van der Waals surface area contributed by atoms with Gasteiger partial charge in [-0.1, -0.05) is 54.5 Å². The number of hydrogen-bond donors (Lipinski definition) is 1. The third kappa shape index (κ3) is 4.56. The molecule has 104 valence electrons. The molecule has 2 aliphatic rings. The Labute approximate surface area is 119 Å². The molecule has 0 radical (unpaired) electrons. The maximum Gasteiger partial charge on any atom is 0.220 e. The van der Waals surface area contributed by atoms with Crippen molar-refractivity contribution in [1.29, 1.82) is 0 Å². The summed E-state index contributed by atoms with van der Waals surface area (Å²) in [4.78, 5) is 12.6. The van der Waals surface area contributed by atoms with Crippen molar-refractivity contribution in [2.24, 2.45) is 5.92 Å². The van der Waals surface area contributed by atoms with E-state index in [9.17, 15) is 4.79 Å². The van der Waals surface area contributed by atoms with Gasteiger partial charge in [-0.05, 0) is 31.6 Å². The van der Waals surface area contributed by atoms with E-state index in [1.54, 1.807) is 0 Å². The summed E-state index contributed by atoms with van der Waals surface area (Å²) in [6.45, 7) is 0. The van der Waals surface area contributed by atoms with E-state index >= 15 is 0 Å². The number of carbonyl (C=O) groups is 1. The van der Waals surface area contributed by atoms with Crippen molar-refractivity contribution in [2.45, 2.75) is 81.5 Å². The number of nitrogens with one attached hydrogen (secondary N) is 1. The molecule has 0 heterocycles. The van der Waals surface area contributed by atoms with E-state index in [-0.39, 0.29) is 0 Å². The van der Waals surface area contributed by atoms with Gasteiger partial charge in [0.05, 0.1) is 0 Å². The van der Waals surface area contributed by atoms with Gasteiger partial charge in [0.1, 0.15) is 0 Å². The fraction of sp³-hybridized carbons (Fsp3) is 0.933. The van der Waals surface area contributed by atoms with Gasteiger partial charge in [-0.2, -0.15) is 0 Å². The highest BCUT2D eigenvalue weighted by Crippen LogP contribution is 2.27. The van der Waals surface area contributed by atoms with Crippen molar-refractivity contribution in [3.8, 4) is 0 Å². The lowest BCUT2D eigenvalue weighted by atomic mass is 9.93. The van der Waals surface area contributed by atoms with Crippen molar-refractivity contribution in [2.75, 3.05) is 0 Å². The molecular weight excluding hydrogens is 290 g/mol. The highest BCUT2D eigenvalue weighted by molar-refractivity contribution is 9.09. The molecular formula is C15H26BrNO. The molecule has 2 rings (SSSR count). The molecule has 3 heteroatoms. The summed E-state index contributed by atoms with van der Waals surface area (Å²) >= 11 is 3.71. The highest BCUT2D eigenvalue weighted by atomic mass is 79.9. The molecule has 0 aromatic carbocycles. The van der Waals surface area contributed by atoms with Crippen molar-refractivity contribution in [1.82, 2.24) is 5.32 Å². The summed E-state index contributed by atoms with van der Waals surface area (Å²) in [5, 5.41) is 3.25. The zero-order valence-corrected chi connectivity index (χ0v) is 12.9. The van der Waals surface area contributed by atoms with Crippen LogP contribution in [0, 0.1) is 5.92 Å². The molecule has 0 bridgehead atoms. The average molecular weight is 316 g/mol. The Morgan fingerprint density at radius 3 is 2.22 bits per heavy atom. The standard InChI is InChI=1S/C15H26BrNO/c16-13-9-5-6-10-14(13)17-15(18)11-12-7-3-1-2-4-8-12/h12-14H,1-11H2,(H,17,18). The molecule has 1 amide bonds. The molecule has 0 aliphatic heterocycles. The number of rotatable bonds is 3. The van der Waals surface area contributed by atoms with Crippen molar-refractivity contribution >= 4 is 21.8 Å². The Morgan fingerprint density at radius 2 is 1.56 bits per heavy atom. The van der Waals surface area contributed by atoms with E-state index in [0.29, 0.717) is 22.7 Å². The van der Waals surface area contributed by atoms with Crippen LogP contribution in [0.5, 0.6) is 0 Å². The predicted molar refractivity (Wildman–Crippen MR) is 78.9 cm³/mol. The number of hydrogen-bond acceptors (Lipinski definition) is 1. The monoisotopic (exact) mass is 315 g/mol. The molecule has 2 saturated carbocycles. The minimum absolute atomic E-state index is 0.290.